The predicted molar refractivity (Wildman–Crippen MR) is 44.6 cm³/mol. The Morgan fingerprint density at radius 3 is 2.27 bits per heavy atom. The average molecular weight is 161 g/mol. The molecule has 0 radical (unpaired) electrons. The van der Waals surface area contributed by atoms with Gasteiger partial charge in [0.15, 0.2) is 0 Å². The Kier molecular flexibility index (Phi) is 7.89. The summed E-state index contributed by atoms with van der Waals surface area (Å²) in [7, 11) is 0. The van der Waals surface area contributed by atoms with E-state index >= 15 is 0 Å². The smallest absolute Gasteiger partial charge is 0.0444 e. The van der Waals surface area contributed by atoms with Gasteiger partial charge in [-0.3, -0.25) is 0 Å². The van der Waals surface area contributed by atoms with E-state index < -0.39 is 0 Å². The Labute approximate surface area is 68.6 Å². The van der Waals surface area contributed by atoms with Gasteiger partial charge in [-0.05, 0) is 12.8 Å². The first kappa shape index (κ1) is 10.9. The highest BCUT2D eigenvalue weighted by molar-refractivity contribution is 4.46. The van der Waals surface area contributed by atoms with Crippen LogP contribution in [0.2, 0.25) is 0 Å². The van der Waals surface area contributed by atoms with Gasteiger partial charge in [0.2, 0.25) is 0 Å². The molecular formula is C8H19NO2. The van der Waals surface area contributed by atoms with Crippen molar-refractivity contribution in [2.24, 2.45) is 0 Å². The molecule has 0 aliphatic rings. The molecule has 3 nitrogen and oxygen atoms in total. The minimum Gasteiger partial charge on any atom is -0.396 e. The Morgan fingerprint density at radius 1 is 1.09 bits per heavy atom. The van der Waals surface area contributed by atoms with Crippen molar-refractivity contribution >= 4 is 0 Å². The van der Waals surface area contributed by atoms with Gasteiger partial charge in [0.05, 0.1) is 0 Å². The molecule has 0 saturated heterocycles. The SMILES string of the molecule is CCCCCN(O)CCCO. The average Bonchev–Trinajstić information content (AvgIpc) is 2.01. The minimum absolute atomic E-state index is 0.158. The highest BCUT2D eigenvalue weighted by atomic mass is 16.5. The number of unbranched alkanes of at least 4 members (excludes halogenated alkanes) is 2. The fourth-order valence-corrected chi connectivity index (χ4v) is 0.909. The van der Waals surface area contributed by atoms with Gasteiger partial charge in [-0.15, -0.1) is 0 Å². The van der Waals surface area contributed by atoms with E-state index in [1.807, 2.05) is 0 Å². The summed E-state index contributed by atoms with van der Waals surface area (Å²) in [5.74, 6) is 0. The molecule has 0 aromatic rings. The second-order valence-electron chi connectivity index (χ2n) is 2.74. The number of hydrogen-bond donors (Lipinski definition) is 2. The predicted octanol–water partition coefficient (Wildman–Crippen LogP) is 1.25. The third-order valence-corrected chi connectivity index (χ3v) is 1.59. The van der Waals surface area contributed by atoms with E-state index in [9.17, 15) is 0 Å². The Morgan fingerprint density at radius 2 is 1.73 bits per heavy atom. The first-order valence-corrected chi connectivity index (χ1v) is 4.36. The molecule has 0 amide bonds. The van der Waals surface area contributed by atoms with E-state index in [4.69, 9.17) is 10.3 Å². The lowest BCUT2D eigenvalue weighted by molar-refractivity contribution is -0.0940. The molecular weight excluding hydrogens is 142 g/mol. The van der Waals surface area contributed by atoms with Crippen molar-refractivity contribution in [3.05, 3.63) is 0 Å². The van der Waals surface area contributed by atoms with Crippen molar-refractivity contribution in [2.75, 3.05) is 19.7 Å². The molecule has 3 heteroatoms. The minimum atomic E-state index is 0.158. The van der Waals surface area contributed by atoms with E-state index in [1.165, 1.54) is 11.5 Å². The third-order valence-electron chi connectivity index (χ3n) is 1.59. The van der Waals surface area contributed by atoms with Crippen molar-refractivity contribution in [2.45, 2.75) is 32.6 Å². The van der Waals surface area contributed by atoms with Gasteiger partial charge < -0.3 is 10.3 Å². The maximum Gasteiger partial charge on any atom is 0.0444 e. The molecule has 2 N–H and O–H groups in total. The fraction of sp³-hybridized carbons (Fsp3) is 1.00. The molecule has 0 aliphatic carbocycles. The summed E-state index contributed by atoms with van der Waals surface area (Å²) >= 11 is 0. The van der Waals surface area contributed by atoms with E-state index in [0.717, 1.165) is 19.4 Å². The molecule has 11 heavy (non-hydrogen) atoms. The Bertz CT molecular complexity index is 78.5. The zero-order chi connectivity index (χ0) is 8.53. The van der Waals surface area contributed by atoms with Crippen LogP contribution >= 0.6 is 0 Å². The lowest BCUT2D eigenvalue weighted by Crippen LogP contribution is -2.22. The monoisotopic (exact) mass is 161 g/mol. The molecule has 0 rings (SSSR count). The lowest BCUT2D eigenvalue weighted by atomic mass is 10.2. The maximum atomic E-state index is 9.13. The van der Waals surface area contributed by atoms with Gasteiger partial charge in [0, 0.05) is 19.7 Å². The van der Waals surface area contributed by atoms with Crippen LogP contribution in [0.5, 0.6) is 0 Å². The normalized spacial score (nSPS) is 10.9. The van der Waals surface area contributed by atoms with Crippen LogP contribution in [0.15, 0.2) is 0 Å². The summed E-state index contributed by atoms with van der Waals surface area (Å²) in [6.45, 7) is 3.61. The van der Waals surface area contributed by atoms with Gasteiger partial charge in [-0.2, -0.15) is 5.06 Å². The molecule has 0 heterocycles. The van der Waals surface area contributed by atoms with Crippen molar-refractivity contribution in [1.82, 2.24) is 5.06 Å². The van der Waals surface area contributed by atoms with Crippen LogP contribution in [0.4, 0.5) is 0 Å². The van der Waals surface area contributed by atoms with Gasteiger partial charge in [0.25, 0.3) is 0 Å². The molecule has 0 unspecified atom stereocenters. The lowest BCUT2D eigenvalue weighted by Gasteiger charge is -2.12. The standard InChI is InChI=1S/C8H19NO2/c1-2-3-4-6-9(11)7-5-8-10/h10-11H,2-8H2,1H3. The topological polar surface area (TPSA) is 43.7 Å². The number of rotatable bonds is 7. The van der Waals surface area contributed by atoms with E-state index in [1.54, 1.807) is 0 Å². The number of aliphatic hydroxyl groups excluding tert-OH is 1. The number of aliphatic hydroxyl groups is 1. The van der Waals surface area contributed by atoms with Crippen LogP contribution in [0.3, 0.4) is 0 Å². The Balaban J connectivity index is 3.02. The van der Waals surface area contributed by atoms with Crippen LogP contribution < -0.4 is 0 Å². The summed E-state index contributed by atoms with van der Waals surface area (Å²) in [5.41, 5.74) is 0. The van der Waals surface area contributed by atoms with Gasteiger partial charge in [-0.1, -0.05) is 19.8 Å². The van der Waals surface area contributed by atoms with Crippen LogP contribution in [-0.4, -0.2) is 35.1 Å². The van der Waals surface area contributed by atoms with Crippen molar-refractivity contribution < 1.29 is 10.3 Å². The van der Waals surface area contributed by atoms with Crippen LogP contribution in [0.1, 0.15) is 32.6 Å². The zero-order valence-corrected chi connectivity index (χ0v) is 7.29. The van der Waals surface area contributed by atoms with Crippen LogP contribution in [0, 0.1) is 0 Å². The maximum absolute atomic E-state index is 9.13. The number of hydroxylamine groups is 2. The van der Waals surface area contributed by atoms with Crippen LogP contribution in [0.25, 0.3) is 0 Å². The van der Waals surface area contributed by atoms with E-state index in [0.29, 0.717) is 13.0 Å². The number of nitrogens with zero attached hydrogens (tertiary/aromatic N) is 1. The van der Waals surface area contributed by atoms with Gasteiger partial charge in [-0.25, -0.2) is 0 Å². The molecule has 0 spiro atoms. The molecule has 0 aromatic carbocycles. The van der Waals surface area contributed by atoms with Crippen molar-refractivity contribution in [3.63, 3.8) is 0 Å². The summed E-state index contributed by atoms with van der Waals surface area (Å²) in [6.07, 6.45) is 4.03. The van der Waals surface area contributed by atoms with Crippen molar-refractivity contribution in [1.29, 1.82) is 0 Å². The summed E-state index contributed by atoms with van der Waals surface area (Å²) in [5, 5.41) is 18.9. The summed E-state index contributed by atoms with van der Waals surface area (Å²) < 4.78 is 0. The molecule has 0 fully saturated rings. The molecule has 0 saturated carbocycles. The highest BCUT2D eigenvalue weighted by Crippen LogP contribution is 1.96. The van der Waals surface area contributed by atoms with Crippen LogP contribution in [-0.2, 0) is 0 Å². The third kappa shape index (κ3) is 7.78. The van der Waals surface area contributed by atoms with E-state index in [2.05, 4.69) is 6.92 Å². The Hall–Kier alpha value is -0.120. The first-order valence-electron chi connectivity index (χ1n) is 4.36. The summed E-state index contributed by atoms with van der Waals surface area (Å²) in [6, 6.07) is 0. The molecule has 0 atom stereocenters. The van der Waals surface area contributed by atoms with Gasteiger partial charge >= 0.3 is 0 Å². The zero-order valence-electron chi connectivity index (χ0n) is 7.29. The van der Waals surface area contributed by atoms with Gasteiger partial charge in [0.1, 0.15) is 0 Å². The highest BCUT2D eigenvalue weighted by Gasteiger charge is 1.97. The molecule has 0 aromatic heterocycles. The fourth-order valence-electron chi connectivity index (χ4n) is 0.909. The second kappa shape index (κ2) is 7.98. The quantitative estimate of drug-likeness (QED) is 0.436. The second-order valence-corrected chi connectivity index (χ2v) is 2.74. The molecule has 68 valence electrons. The summed E-state index contributed by atoms with van der Waals surface area (Å²) in [4.78, 5) is 0. The van der Waals surface area contributed by atoms with E-state index in [-0.39, 0.29) is 6.61 Å². The number of hydrogen-bond acceptors (Lipinski definition) is 3. The first-order chi connectivity index (χ1) is 5.31. The molecule has 0 aliphatic heterocycles. The molecule has 0 bridgehead atoms. The van der Waals surface area contributed by atoms with Crippen molar-refractivity contribution in [3.8, 4) is 0 Å². The largest absolute Gasteiger partial charge is 0.396 e.